The van der Waals surface area contributed by atoms with Gasteiger partial charge in [0, 0.05) is 13.0 Å². The summed E-state index contributed by atoms with van der Waals surface area (Å²) in [4.78, 5) is 24.9. The second-order valence-corrected chi connectivity index (χ2v) is 4.82. The predicted octanol–water partition coefficient (Wildman–Crippen LogP) is 2.07. The molecular formula is C16H23NO3. The molecule has 0 aromatic heterocycles. The molecule has 0 saturated heterocycles. The highest BCUT2D eigenvalue weighted by Gasteiger charge is 2.10. The van der Waals surface area contributed by atoms with E-state index in [1.54, 1.807) is 6.92 Å². The van der Waals surface area contributed by atoms with E-state index in [0.29, 0.717) is 13.2 Å². The number of hydrogen-bond donors (Lipinski definition) is 0. The summed E-state index contributed by atoms with van der Waals surface area (Å²) >= 11 is 0. The van der Waals surface area contributed by atoms with Gasteiger partial charge in [-0.25, -0.2) is 0 Å². The van der Waals surface area contributed by atoms with Crippen LogP contribution in [0.15, 0.2) is 30.3 Å². The van der Waals surface area contributed by atoms with Gasteiger partial charge in [0.15, 0.2) is 0 Å². The van der Waals surface area contributed by atoms with Crippen molar-refractivity contribution < 1.29 is 14.3 Å². The highest BCUT2D eigenvalue weighted by Crippen LogP contribution is 2.01. The summed E-state index contributed by atoms with van der Waals surface area (Å²) < 4.78 is 4.80. The monoisotopic (exact) mass is 277 g/mol. The van der Waals surface area contributed by atoms with E-state index in [2.05, 4.69) is 12.1 Å². The Hall–Kier alpha value is -1.68. The highest BCUT2D eigenvalue weighted by atomic mass is 16.5. The standard InChI is InChI=1S/C16H23NO3/c1-3-20-16(19)10-9-15(18)13-17(2)12-11-14-7-5-4-6-8-14/h4-8H,3,9-13H2,1-2H3. The van der Waals surface area contributed by atoms with Gasteiger partial charge in [0.25, 0.3) is 0 Å². The number of hydrogen-bond acceptors (Lipinski definition) is 4. The Morgan fingerprint density at radius 2 is 1.85 bits per heavy atom. The zero-order valence-corrected chi connectivity index (χ0v) is 12.3. The molecular weight excluding hydrogens is 254 g/mol. The molecule has 0 N–H and O–H groups in total. The zero-order valence-electron chi connectivity index (χ0n) is 12.3. The lowest BCUT2D eigenvalue weighted by molar-refractivity contribution is -0.144. The maximum atomic E-state index is 11.7. The van der Waals surface area contributed by atoms with Crippen LogP contribution in [0.1, 0.15) is 25.3 Å². The molecule has 0 unspecified atom stereocenters. The number of benzene rings is 1. The number of Topliss-reactive ketones (excluding diaryl/α,β-unsaturated/α-hetero) is 1. The van der Waals surface area contributed by atoms with E-state index in [-0.39, 0.29) is 24.6 Å². The van der Waals surface area contributed by atoms with Crippen LogP contribution < -0.4 is 0 Å². The fourth-order valence-electron chi connectivity index (χ4n) is 1.90. The van der Waals surface area contributed by atoms with E-state index in [9.17, 15) is 9.59 Å². The van der Waals surface area contributed by atoms with Crippen molar-refractivity contribution in [1.29, 1.82) is 0 Å². The van der Waals surface area contributed by atoms with Gasteiger partial charge in [-0.2, -0.15) is 0 Å². The Morgan fingerprint density at radius 1 is 1.15 bits per heavy atom. The van der Waals surface area contributed by atoms with Crippen LogP contribution in [0.4, 0.5) is 0 Å². The molecule has 4 nitrogen and oxygen atoms in total. The summed E-state index contributed by atoms with van der Waals surface area (Å²) in [5.41, 5.74) is 1.26. The van der Waals surface area contributed by atoms with Crippen LogP contribution in [0.3, 0.4) is 0 Å². The van der Waals surface area contributed by atoms with E-state index in [0.717, 1.165) is 13.0 Å². The summed E-state index contributed by atoms with van der Waals surface area (Å²) in [5, 5.41) is 0. The Labute approximate surface area is 120 Å². The molecule has 1 aromatic rings. The first-order valence-electron chi connectivity index (χ1n) is 7.01. The van der Waals surface area contributed by atoms with Gasteiger partial charge in [-0.15, -0.1) is 0 Å². The van der Waals surface area contributed by atoms with Crippen molar-refractivity contribution in [2.24, 2.45) is 0 Å². The number of likely N-dealkylation sites (N-methyl/N-ethyl adjacent to an activating group) is 1. The van der Waals surface area contributed by atoms with E-state index >= 15 is 0 Å². The first-order chi connectivity index (χ1) is 9.61. The lowest BCUT2D eigenvalue weighted by Crippen LogP contribution is -2.28. The van der Waals surface area contributed by atoms with Gasteiger partial charge in [0.2, 0.25) is 0 Å². The fraction of sp³-hybridized carbons (Fsp3) is 0.500. The van der Waals surface area contributed by atoms with Crippen LogP contribution in [-0.4, -0.2) is 43.4 Å². The average Bonchev–Trinajstić information content (AvgIpc) is 2.44. The SMILES string of the molecule is CCOC(=O)CCC(=O)CN(C)CCc1ccccc1. The Bertz CT molecular complexity index is 417. The molecule has 0 heterocycles. The maximum absolute atomic E-state index is 11.7. The molecule has 1 rings (SSSR count). The van der Waals surface area contributed by atoms with Crippen LogP contribution in [-0.2, 0) is 20.7 Å². The lowest BCUT2D eigenvalue weighted by atomic mass is 10.1. The average molecular weight is 277 g/mol. The number of carbonyl (C=O) groups excluding carboxylic acids is 2. The van der Waals surface area contributed by atoms with Crippen molar-refractivity contribution >= 4 is 11.8 Å². The third kappa shape index (κ3) is 7.04. The zero-order chi connectivity index (χ0) is 14.8. The molecule has 4 heteroatoms. The minimum atomic E-state index is -0.298. The van der Waals surface area contributed by atoms with Crippen LogP contribution in [0.5, 0.6) is 0 Å². The first-order valence-corrected chi connectivity index (χ1v) is 7.01. The van der Waals surface area contributed by atoms with Crippen molar-refractivity contribution in [2.75, 3.05) is 26.7 Å². The van der Waals surface area contributed by atoms with E-state index in [1.807, 2.05) is 30.1 Å². The molecule has 20 heavy (non-hydrogen) atoms. The van der Waals surface area contributed by atoms with E-state index in [4.69, 9.17) is 4.74 Å². The molecule has 0 aliphatic rings. The van der Waals surface area contributed by atoms with Crippen LogP contribution >= 0.6 is 0 Å². The van der Waals surface area contributed by atoms with Crippen LogP contribution in [0, 0.1) is 0 Å². The van der Waals surface area contributed by atoms with Gasteiger partial charge < -0.3 is 4.74 Å². The number of esters is 1. The van der Waals surface area contributed by atoms with E-state index < -0.39 is 0 Å². The molecule has 0 aliphatic carbocycles. The van der Waals surface area contributed by atoms with Crippen molar-refractivity contribution in [3.8, 4) is 0 Å². The molecule has 110 valence electrons. The summed E-state index contributed by atoms with van der Waals surface area (Å²) in [6.07, 6.45) is 1.36. The van der Waals surface area contributed by atoms with Crippen molar-refractivity contribution in [1.82, 2.24) is 4.90 Å². The van der Waals surface area contributed by atoms with E-state index in [1.165, 1.54) is 5.56 Å². The normalized spacial score (nSPS) is 10.6. The Balaban J connectivity index is 2.19. The van der Waals surface area contributed by atoms with Gasteiger partial charge >= 0.3 is 5.97 Å². The molecule has 0 spiro atoms. The lowest BCUT2D eigenvalue weighted by Gasteiger charge is -2.15. The third-order valence-corrected chi connectivity index (χ3v) is 2.98. The van der Waals surface area contributed by atoms with Crippen LogP contribution in [0.2, 0.25) is 0 Å². The third-order valence-electron chi connectivity index (χ3n) is 2.98. The summed E-state index contributed by atoms with van der Waals surface area (Å²) in [6, 6.07) is 10.2. The Kier molecular flexibility index (Phi) is 7.58. The number of nitrogens with zero attached hydrogens (tertiary/aromatic N) is 1. The molecule has 0 fully saturated rings. The van der Waals surface area contributed by atoms with Gasteiger partial charge in [-0.05, 0) is 26.0 Å². The Morgan fingerprint density at radius 3 is 2.50 bits per heavy atom. The molecule has 0 radical (unpaired) electrons. The van der Waals surface area contributed by atoms with Gasteiger partial charge in [0.1, 0.15) is 5.78 Å². The number of ketones is 1. The molecule has 0 aliphatic heterocycles. The number of rotatable bonds is 9. The minimum absolute atomic E-state index is 0.0774. The van der Waals surface area contributed by atoms with Crippen LogP contribution in [0.25, 0.3) is 0 Å². The first kappa shape index (κ1) is 16.4. The fourth-order valence-corrected chi connectivity index (χ4v) is 1.90. The van der Waals surface area contributed by atoms with Gasteiger partial charge in [-0.1, -0.05) is 30.3 Å². The number of ether oxygens (including phenoxy) is 1. The van der Waals surface area contributed by atoms with Crippen molar-refractivity contribution in [2.45, 2.75) is 26.2 Å². The smallest absolute Gasteiger partial charge is 0.306 e. The van der Waals surface area contributed by atoms with Gasteiger partial charge in [0.05, 0.1) is 19.6 Å². The minimum Gasteiger partial charge on any atom is -0.466 e. The maximum Gasteiger partial charge on any atom is 0.306 e. The van der Waals surface area contributed by atoms with Gasteiger partial charge in [-0.3, -0.25) is 14.5 Å². The second-order valence-electron chi connectivity index (χ2n) is 4.82. The predicted molar refractivity (Wildman–Crippen MR) is 78.5 cm³/mol. The molecule has 1 aromatic carbocycles. The van der Waals surface area contributed by atoms with Crippen molar-refractivity contribution in [3.63, 3.8) is 0 Å². The van der Waals surface area contributed by atoms with Crippen molar-refractivity contribution in [3.05, 3.63) is 35.9 Å². The highest BCUT2D eigenvalue weighted by molar-refractivity contribution is 5.84. The topological polar surface area (TPSA) is 46.6 Å². The molecule has 0 atom stereocenters. The summed E-state index contributed by atoms with van der Waals surface area (Å²) in [7, 11) is 1.92. The molecule has 0 bridgehead atoms. The summed E-state index contributed by atoms with van der Waals surface area (Å²) in [6.45, 7) is 3.34. The largest absolute Gasteiger partial charge is 0.466 e. The molecule has 0 saturated carbocycles. The summed E-state index contributed by atoms with van der Waals surface area (Å²) in [5.74, 6) is -0.221. The second kappa shape index (κ2) is 9.26. The quantitative estimate of drug-likeness (QED) is 0.648. The number of carbonyl (C=O) groups is 2. The molecule has 0 amide bonds.